The molecule has 0 bridgehead atoms. The van der Waals surface area contributed by atoms with E-state index in [4.69, 9.17) is 0 Å². The molecule has 2 N–H and O–H groups in total. The number of unbranched alkanes of at least 4 members (excludes halogenated alkanes) is 19. The van der Waals surface area contributed by atoms with Crippen molar-refractivity contribution in [2.45, 2.75) is 162 Å². The van der Waals surface area contributed by atoms with Crippen molar-refractivity contribution in [1.29, 1.82) is 0 Å². The van der Waals surface area contributed by atoms with Crippen LogP contribution in [0.5, 0.6) is 0 Å². The molecule has 31 heavy (non-hydrogen) atoms. The van der Waals surface area contributed by atoms with Gasteiger partial charge in [-0.1, -0.05) is 0 Å². The zero-order valence-electron chi connectivity index (χ0n) is 22.0. The van der Waals surface area contributed by atoms with E-state index in [1.54, 1.807) is 0 Å². The molecular formula is C28H61O2P. The van der Waals surface area contributed by atoms with E-state index < -0.39 is 7.06 Å². The summed E-state index contributed by atoms with van der Waals surface area (Å²) >= 11 is 0. The SMILES string of the molecule is CCCCCCCCCCCCP(O)(O)(CCCCCCCC)CCCCCCCC. The molecule has 0 radical (unpaired) electrons. The summed E-state index contributed by atoms with van der Waals surface area (Å²) in [5.41, 5.74) is 0. The molecule has 0 unspecified atom stereocenters. The zero-order chi connectivity index (χ0) is 23.1. The van der Waals surface area contributed by atoms with Crippen LogP contribution < -0.4 is 0 Å². The third-order valence-corrected chi connectivity index (χ3v) is 11.1. The second kappa shape index (κ2) is 20.9. The molecule has 2 nitrogen and oxygen atoms in total. The second-order valence-corrected chi connectivity index (χ2v) is 15.1. The fourth-order valence-corrected chi connectivity index (χ4v) is 8.35. The van der Waals surface area contributed by atoms with Crippen LogP contribution in [0.25, 0.3) is 0 Å². The Kier molecular flexibility index (Phi) is 21.2. The van der Waals surface area contributed by atoms with Gasteiger partial charge in [-0.05, 0) is 0 Å². The first-order valence-electron chi connectivity index (χ1n) is 14.5. The monoisotopic (exact) mass is 460 g/mol. The maximum atomic E-state index is 11.5. The molecule has 0 heterocycles. The minimum atomic E-state index is -3.46. The van der Waals surface area contributed by atoms with Gasteiger partial charge in [0.25, 0.3) is 0 Å². The Balaban J connectivity index is 4.20. The van der Waals surface area contributed by atoms with Gasteiger partial charge >= 0.3 is 197 Å². The maximum absolute atomic E-state index is 11.5. The molecule has 3 heteroatoms. The van der Waals surface area contributed by atoms with E-state index in [1.807, 2.05) is 0 Å². The van der Waals surface area contributed by atoms with E-state index in [9.17, 15) is 9.79 Å². The van der Waals surface area contributed by atoms with E-state index in [0.717, 1.165) is 19.3 Å². The van der Waals surface area contributed by atoms with Crippen LogP contribution in [0.3, 0.4) is 0 Å². The summed E-state index contributed by atoms with van der Waals surface area (Å²) in [5, 5.41) is 0. The van der Waals surface area contributed by atoms with E-state index in [1.165, 1.54) is 122 Å². The molecular weight excluding hydrogens is 399 g/mol. The van der Waals surface area contributed by atoms with Crippen LogP contribution in [0.4, 0.5) is 0 Å². The van der Waals surface area contributed by atoms with Crippen LogP contribution >= 0.6 is 7.06 Å². The Morgan fingerprint density at radius 3 is 0.742 bits per heavy atom. The standard InChI is InChI=1S/C28H61O2P/c1-4-7-10-13-16-17-18-19-22-25-28-31(29,30,26-23-20-14-11-8-5-2)27-24-21-15-12-9-6-3/h29-30H,4-28H2,1-3H3. The van der Waals surface area contributed by atoms with Crippen LogP contribution in [-0.2, 0) is 0 Å². The fraction of sp³-hybridized carbons (Fsp3) is 1.00. The van der Waals surface area contributed by atoms with Crippen LogP contribution in [0.2, 0.25) is 0 Å². The van der Waals surface area contributed by atoms with Crippen molar-refractivity contribution in [3.8, 4) is 0 Å². The van der Waals surface area contributed by atoms with Crippen molar-refractivity contribution in [1.82, 2.24) is 0 Å². The van der Waals surface area contributed by atoms with Crippen molar-refractivity contribution in [3.63, 3.8) is 0 Å². The molecule has 0 aliphatic heterocycles. The number of hydrogen-bond acceptors (Lipinski definition) is 2. The minimum absolute atomic E-state index is 0.699. The van der Waals surface area contributed by atoms with Crippen molar-refractivity contribution in [3.05, 3.63) is 0 Å². The molecule has 0 aliphatic carbocycles. The van der Waals surface area contributed by atoms with Crippen molar-refractivity contribution >= 4 is 7.06 Å². The Bertz CT molecular complexity index is 350. The van der Waals surface area contributed by atoms with E-state index >= 15 is 0 Å². The Hall–Kier alpha value is 0.350. The van der Waals surface area contributed by atoms with Gasteiger partial charge in [0.15, 0.2) is 0 Å². The van der Waals surface area contributed by atoms with E-state index in [-0.39, 0.29) is 0 Å². The summed E-state index contributed by atoms with van der Waals surface area (Å²) in [6.07, 6.45) is 29.8. The summed E-state index contributed by atoms with van der Waals surface area (Å²) in [6.45, 7) is 6.78. The van der Waals surface area contributed by atoms with Gasteiger partial charge in [-0.15, -0.1) is 0 Å². The molecule has 190 valence electrons. The topological polar surface area (TPSA) is 40.5 Å². The zero-order valence-corrected chi connectivity index (χ0v) is 22.9. The first kappa shape index (κ1) is 31.4. The van der Waals surface area contributed by atoms with Gasteiger partial charge in [-0.25, -0.2) is 0 Å². The predicted octanol–water partition coefficient (Wildman–Crippen LogP) is 10.00. The Labute approximate surface area is 197 Å². The van der Waals surface area contributed by atoms with Crippen molar-refractivity contribution in [2.75, 3.05) is 18.5 Å². The van der Waals surface area contributed by atoms with Gasteiger partial charge in [0.05, 0.1) is 0 Å². The summed E-state index contributed by atoms with van der Waals surface area (Å²) in [4.78, 5) is 23.0. The fourth-order valence-electron chi connectivity index (χ4n) is 4.81. The van der Waals surface area contributed by atoms with Gasteiger partial charge in [-0.2, -0.15) is 0 Å². The summed E-state index contributed by atoms with van der Waals surface area (Å²) in [6, 6.07) is 0. The van der Waals surface area contributed by atoms with E-state index in [2.05, 4.69) is 20.8 Å². The predicted molar refractivity (Wildman–Crippen MR) is 145 cm³/mol. The molecule has 0 aromatic carbocycles. The molecule has 0 amide bonds. The number of hydrogen-bond donors (Lipinski definition) is 2. The third-order valence-electron chi connectivity index (χ3n) is 7.08. The first-order chi connectivity index (χ1) is 15.0. The first-order valence-corrected chi connectivity index (χ1v) is 17.2. The molecule has 0 saturated carbocycles. The molecule has 0 rings (SSSR count). The molecule has 0 atom stereocenters. The van der Waals surface area contributed by atoms with Crippen LogP contribution in [0.1, 0.15) is 162 Å². The number of rotatable bonds is 25. The molecule has 0 aromatic rings. The normalized spacial score (nSPS) is 13.4. The molecule has 0 fully saturated rings. The molecule has 0 saturated heterocycles. The van der Waals surface area contributed by atoms with Crippen LogP contribution in [-0.4, -0.2) is 28.3 Å². The Morgan fingerprint density at radius 1 is 0.323 bits per heavy atom. The van der Waals surface area contributed by atoms with Gasteiger partial charge in [0.1, 0.15) is 0 Å². The van der Waals surface area contributed by atoms with Crippen LogP contribution in [0, 0.1) is 0 Å². The second-order valence-electron chi connectivity index (χ2n) is 10.5. The van der Waals surface area contributed by atoms with Gasteiger partial charge in [0, 0.05) is 0 Å². The third kappa shape index (κ3) is 20.7. The van der Waals surface area contributed by atoms with E-state index in [0.29, 0.717) is 18.5 Å². The summed E-state index contributed by atoms with van der Waals surface area (Å²) < 4.78 is 0. The van der Waals surface area contributed by atoms with Crippen molar-refractivity contribution < 1.29 is 9.79 Å². The van der Waals surface area contributed by atoms with Gasteiger partial charge < -0.3 is 0 Å². The average Bonchev–Trinajstić information content (AvgIpc) is 2.75. The molecule has 0 aromatic heterocycles. The van der Waals surface area contributed by atoms with Gasteiger partial charge in [-0.3, -0.25) is 0 Å². The quantitative estimate of drug-likeness (QED) is 0.105. The Morgan fingerprint density at radius 2 is 0.516 bits per heavy atom. The van der Waals surface area contributed by atoms with Gasteiger partial charge in [0.2, 0.25) is 0 Å². The average molecular weight is 461 g/mol. The van der Waals surface area contributed by atoms with Crippen molar-refractivity contribution in [2.24, 2.45) is 0 Å². The molecule has 0 spiro atoms. The van der Waals surface area contributed by atoms with Crippen LogP contribution in [0.15, 0.2) is 0 Å². The summed E-state index contributed by atoms with van der Waals surface area (Å²) in [5.74, 6) is 0. The summed E-state index contributed by atoms with van der Waals surface area (Å²) in [7, 11) is -3.46. The molecule has 0 aliphatic rings.